The molecular formula is C22H20N4O2S. The largest absolute Gasteiger partial charge is 0.379 e. The summed E-state index contributed by atoms with van der Waals surface area (Å²) in [4.78, 5) is 26.9. The van der Waals surface area contributed by atoms with Crippen molar-refractivity contribution in [3.63, 3.8) is 0 Å². The van der Waals surface area contributed by atoms with Crippen molar-refractivity contribution in [3.8, 4) is 21.8 Å². The van der Waals surface area contributed by atoms with Gasteiger partial charge in [0, 0.05) is 48.5 Å². The number of ether oxygens (including phenoxy) is 1. The number of nitrogens with zero attached hydrogens (tertiary/aromatic N) is 3. The molecule has 0 spiro atoms. The molecule has 0 unspecified atom stereocenters. The van der Waals surface area contributed by atoms with Gasteiger partial charge in [0.15, 0.2) is 0 Å². The molecule has 4 heterocycles. The average molecular weight is 404 g/mol. The Bertz CT molecular complexity index is 1200. The summed E-state index contributed by atoms with van der Waals surface area (Å²) in [5, 5.41) is 3.81. The first-order valence-electron chi connectivity index (χ1n) is 9.59. The Balaban J connectivity index is 1.45. The van der Waals surface area contributed by atoms with Gasteiger partial charge in [0.05, 0.1) is 24.5 Å². The van der Waals surface area contributed by atoms with Crippen molar-refractivity contribution in [1.29, 1.82) is 0 Å². The minimum atomic E-state index is -0.118. The molecule has 0 bridgehead atoms. The van der Waals surface area contributed by atoms with Gasteiger partial charge in [0.25, 0.3) is 5.56 Å². The molecule has 0 saturated carbocycles. The molecule has 29 heavy (non-hydrogen) atoms. The van der Waals surface area contributed by atoms with Crippen LogP contribution in [0.15, 0.2) is 59.0 Å². The van der Waals surface area contributed by atoms with E-state index in [0.29, 0.717) is 11.3 Å². The number of aromatic amines is 1. The number of morpholine rings is 1. The fraction of sp³-hybridized carbons (Fsp3) is 0.227. The maximum atomic E-state index is 12.8. The topological polar surface area (TPSA) is 71.1 Å². The summed E-state index contributed by atoms with van der Waals surface area (Å²) >= 11 is 1.53. The molecule has 1 aliphatic heterocycles. The quantitative estimate of drug-likeness (QED) is 0.563. The van der Waals surface area contributed by atoms with Crippen molar-refractivity contribution in [1.82, 2.24) is 19.9 Å². The normalized spacial score (nSPS) is 15.0. The van der Waals surface area contributed by atoms with Gasteiger partial charge in [-0.25, -0.2) is 4.98 Å². The lowest BCUT2D eigenvalue weighted by molar-refractivity contribution is 0.0342. The number of nitrogens with one attached hydrogen (secondary N) is 1. The highest BCUT2D eigenvalue weighted by atomic mass is 32.1. The van der Waals surface area contributed by atoms with E-state index in [2.05, 4.69) is 38.1 Å². The number of pyridine rings is 2. The Kier molecular flexibility index (Phi) is 4.93. The number of thiazole rings is 1. The number of aromatic nitrogens is 3. The number of H-pyrrole nitrogens is 1. The van der Waals surface area contributed by atoms with E-state index in [-0.39, 0.29) is 5.56 Å². The molecule has 1 fully saturated rings. The van der Waals surface area contributed by atoms with Gasteiger partial charge in [-0.3, -0.25) is 14.7 Å². The zero-order valence-electron chi connectivity index (χ0n) is 15.8. The third-order valence-electron chi connectivity index (χ3n) is 5.13. The van der Waals surface area contributed by atoms with Crippen LogP contribution in [-0.4, -0.2) is 46.2 Å². The van der Waals surface area contributed by atoms with E-state index in [9.17, 15) is 4.79 Å². The molecule has 1 saturated heterocycles. The third-order valence-corrected chi connectivity index (χ3v) is 6.02. The summed E-state index contributed by atoms with van der Waals surface area (Å²) in [6.45, 7) is 4.31. The molecule has 0 amide bonds. The van der Waals surface area contributed by atoms with Crippen molar-refractivity contribution in [2.45, 2.75) is 6.54 Å². The summed E-state index contributed by atoms with van der Waals surface area (Å²) in [6.07, 6.45) is 3.49. The van der Waals surface area contributed by atoms with E-state index >= 15 is 0 Å². The van der Waals surface area contributed by atoms with Crippen LogP contribution >= 0.6 is 11.3 Å². The fourth-order valence-electron chi connectivity index (χ4n) is 3.58. The molecule has 4 aromatic rings. The van der Waals surface area contributed by atoms with Gasteiger partial charge in [0.1, 0.15) is 5.01 Å². The Labute approximate surface area is 171 Å². The molecular weight excluding hydrogens is 384 g/mol. The van der Waals surface area contributed by atoms with Crippen molar-refractivity contribution >= 4 is 22.2 Å². The lowest BCUT2D eigenvalue weighted by Crippen LogP contribution is -2.35. The molecule has 1 N–H and O–H groups in total. The maximum Gasteiger partial charge on any atom is 0.257 e. The number of rotatable bonds is 4. The summed E-state index contributed by atoms with van der Waals surface area (Å²) in [5.74, 6) is 0. The second kappa shape index (κ2) is 7.87. The van der Waals surface area contributed by atoms with Crippen LogP contribution in [-0.2, 0) is 11.3 Å². The van der Waals surface area contributed by atoms with Gasteiger partial charge >= 0.3 is 0 Å². The Morgan fingerprint density at radius 1 is 1.10 bits per heavy atom. The smallest absolute Gasteiger partial charge is 0.257 e. The van der Waals surface area contributed by atoms with Crippen LogP contribution < -0.4 is 5.56 Å². The van der Waals surface area contributed by atoms with Crippen molar-refractivity contribution in [2.24, 2.45) is 0 Å². The summed E-state index contributed by atoms with van der Waals surface area (Å²) in [7, 11) is 0. The third kappa shape index (κ3) is 3.85. The van der Waals surface area contributed by atoms with E-state index < -0.39 is 0 Å². The molecule has 0 aliphatic carbocycles. The van der Waals surface area contributed by atoms with Crippen LogP contribution in [0.1, 0.15) is 5.56 Å². The zero-order chi connectivity index (χ0) is 19.6. The molecule has 5 rings (SSSR count). The Morgan fingerprint density at radius 2 is 1.93 bits per heavy atom. The molecule has 0 atom stereocenters. The summed E-state index contributed by atoms with van der Waals surface area (Å²) < 4.78 is 5.41. The highest BCUT2D eigenvalue weighted by Crippen LogP contribution is 2.28. The highest BCUT2D eigenvalue weighted by molar-refractivity contribution is 7.13. The number of benzene rings is 1. The van der Waals surface area contributed by atoms with Crippen LogP contribution in [0, 0.1) is 0 Å². The molecule has 146 valence electrons. The molecule has 7 heteroatoms. The maximum absolute atomic E-state index is 12.8. The summed E-state index contributed by atoms with van der Waals surface area (Å²) in [6, 6.07) is 12.0. The van der Waals surface area contributed by atoms with Gasteiger partial charge in [-0.05, 0) is 35.2 Å². The minimum absolute atomic E-state index is 0.118. The fourth-order valence-corrected chi connectivity index (χ4v) is 4.41. The van der Waals surface area contributed by atoms with Crippen LogP contribution in [0.3, 0.4) is 0 Å². The van der Waals surface area contributed by atoms with E-state index in [0.717, 1.165) is 54.3 Å². The highest BCUT2D eigenvalue weighted by Gasteiger charge is 2.13. The first-order valence-corrected chi connectivity index (χ1v) is 10.5. The van der Waals surface area contributed by atoms with Crippen LogP contribution in [0.25, 0.3) is 32.7 Å². The first-order chi connectivity index (χ1) is 14.3. The zero-order valence-corrected chi connectivity index (χ0v) is 16.6. The van der Waals surface area contributed by atoms with Gasteiger partial charge in [-0.1, -0.05) is 12.1 Å². The average Bonchev–Trinajstić information content (AvgIpc) is 3.25. The van der Waals surface area contributed by atoms with E-state index in [1.54, 1.807) is 12.4 Å². The van der Waals surface area contributed by atoms with E-state index in [4.69, 9.17) is 4.74 Å². The predicted molar refractivity (Wildman–Crippen MR) is 115 cm³/mol. The van der Waals surface area contributed by atoms with Crippen molar-refractivity contribution in [3.05, 3.63) is 70.1 Å². The first kappa shape index (κ1) is 18.2. The SMILES string of the molecule is O=c1[nH]c2cc(CN3CCOCC3)ccc2cc1-c1csc(-c2ccncc2)n1. The van der Waals surface area contributed by atoms with Gasteiger partial charge in [-0.2, -0.15) is 0 Å². The molecule has 1 aliphatic rings. The predicted octanol–water partition coefficient (Wildman–Crippen LogP) is 3.55. The Morgan fingerprint density at radius 3 is 2.76 bits per heavy atom. The lowest BCUT2D eigenvalue weighted by atomic mass is 10.1. The van der Waals surface area contributed by atoms with E-state index in [1.165, 1.54) is 16.9 Å². The van der Waals surface area contributed by atoms with Crippen molar-refractivity contribution < 1.29 is 4.74 Å². The summed E-state index contributed by atoms with van der Waals surface area (Å²) in [5.41, 5.74) is 4.22. The van der Waals surface area contributed by atoms with Gasteiger partial charge in [-0.15, -0.1) is 11.3 Å². The number of hydrogen-bond donors (Lipinski definition) is 1. The van der Waals surface area contributed by atoms with Crippen LogP contribution in [0.2, 0.25) is 0 Å². The van der Waals surface area contributed by atoms with E-state index in [1.807, 2.05) is 23.6 Å². The monoisotopic (exact) mass is 404 g/mol. The second-order valence-electron chi connectivity index (χ2n) is 7.10. The van der Waals surface area contributed by atoms with Gasteiger partial charge < -0.3 is 9.72 Å². The molecule has 6 nitrogen and oxygen atoms in total. The van der Waals surface area contributed by atoms with Crippen LogP contribution in [0.5, 0.6) is 0 Å². The van der Waals surface area contributed by atoms with Crippen molar-refractivity contribution in [2.75, 3.05) is 26.3 Å². The lowest BCUT2D eigenvalue weighted by Gasteiger charge is -2.26. The number of hydrogen-bond acceptors (Lipinski definition) is 6. The Hall–Kier alpha value is -2.87. The molecule has 0 radical (unpaired) electrons. The van der Waals surface area contributed by atoms with Crippen LogP contribution in [0.4, 0.5) is 0 Å². The molecule has 1 aromatic carbocycles. The second-order valence-corrected chi connectivity index (χ2v) is 7.95. The standard InChI is InChI=1S/C22H20N4O2S/c27-21-18(20-14-29-22(25-20)16-3-5-23-6-4-16)12-17-2-1-15(11-19(17)24-21)13-26-7-9-28-10-8-26/h1-6,11-12,14H,7-10,13H2,(H,24,27). The molecule has 3 aromatic heterocycles. The minimum Gasteiger partial charge on any atom is -0.379 e. The number of fused-ring (bicyclic) bond motifs is 1. The van der Waals surface area contributed by atoms with Gasteiger partial charge in [0.2, 0.25) is 0 Å².